The fourth-order valence-corrected chi connectivity index (χ4v) is 0.920. The van der Waals surface area contributed by atoms with Crippen molar-refractivity contribution in [3.63, 3.8) is 0 Å². The Hall–Kier alpha value is -0.460. The number of nitrogens with one attached hydrogen (secondary N) is 1. The van der Waals surface area contributed by atoms with Gasteiger partial charge in [0.1, 0.15) is 0 Å². The maximum atomic E-state index is 3.42. The van der Waals surface area contributed by atoms with Gasteiger partial charge in [-0.1, -0.05) is 19.4 Å². The maximum Gasteiger partial charge on any atom is 0.0166 e. The van der Waals surface area contributed by atoms with Crippen LogP contribution in [0.4, 0.5) is 0 Å². The molecule has 0 heterocycles. The Morgan fingerprint density at radius 3 is 2.50 bits per heavy atom. The summed E-state index contributed by atoms with van der Waals surface area (Å²) in [5.41, 5.74) is 3.05. The van der Waals surface area contributed by atoms with Gasteiger partial charge in [0.05, 0.1) is 0 Å². The van der Waals surface area contributed by atoms with Gasteiger partial charge in [-0.2, -0.15) is 0 Å². The number of rotatable bonds is 3. The van der Waals surface area contributed by atoms with Crippen molar-refractivity contribution in [2.75, 3.05) is 6.54 Å². The minimum Gasteiger partial charge on any atom is -0.388 e. The number of hydrogen-bond donors (Lipinski definition) is 1. The molecule has 1 heteroatoms. The molecule has 0 aliphatic heterocycles. The second-order valence-electron chi connectivity index (χ2n) is 3.50. The molecule has 0 spiro atoms. The first-order valence-corrected chi connectivity index (χ1v) is 4.12. The van der Waals surface area contributed by atoms with Crippen molar-refractivity contribution in [2.24, 2.45) is 5.92 Å². The van der Waals surface area contributed by atoms with Gasteiger partial charge in [-0.3, -0.25) is 0 Å². The van der Waals surface area contributed by atoms with Gasteiger partial charge in [0.25, 0.3) is 0 Å². The lowest BCUT2D eigenvalue weighted by molar-refractivity contribution is 0.595. The van der Waals surface area contributed by atoms with Crippen LogP contribution in [-0.2, 0) is 0 Å². The third kappa shape index (κ3) is 2.42. The van der Waals surface area contributed by atoms with Crippen molar-refractivity contribution in [1.82, 2.24) is 5.32 Å². The number of allylic oxidation sites excluding steroid dienone is 2. The molecule has 1 fully saturated rings. The van der Waals surface area contributed by atoms with E-state index in [1.807, 2.05) is 0 Å². The van der Waals surface area contributed by atoms with E-state index in [-0.39, 0.29) is 0 Å². The van der Waals surface area contributed by atoms with Gasteiger partial charge in [0.15, 0.2) is 0 Å². The van der Waals surface area contributed by atoms with E-state index in [1.165, 1.54) is 18.5 Å². The molecule has 1 N–H and O–H groups in total. The minimum atomic E-state index is 0.759. The molecule has 0 bridgehead atoms. The Morgan fingerprint density at radius 1 is 1.50 bits per heavy atom. The summed E-state index contributed by atoms with van der Waals surface area (Å²) in [6.07, 6.45) is 2.66. The summed E-state index contributed by atoms with van der Waals surface area (Å²) in [5.74, 6) is 0.759. The van der Waals surface area contributed by atoms with Crippen molar-refractivity contribution in [2.45, 2.75) is 33.6 Å². The van der Waals surface area contributed by atoms with E-state index in [2.05, 4.69) is 26.1 Å². The van der Waals surface area contributed by atoms with Gasteiger partial charge < -0.3 is 5.32 Å². The van der Waals surface area contributed by atoms with E-state index in [9.17, 15) is 0 Å². The molecule has 1 rings (SSSR count). The highest BCUT2D eigenvalue weighted by Crippen LogP contribution is 2.30. The third-order valence-corrected chi connectivity index (χ3v) is 1.81. The first-order valence-electron chi connectivity index (χ1n) is 4.12. The van der Waals surface area contributed by atoms with Crippen LogP contribution in [0, 0.1) is 5.92 Å². The SMILES string of the molecule is CC(NCC(C)C)=C1CC1. The summed E-state index contributed by atoms with van der Waals surface area (Å²) < 4.78 is 0. The van der Waals surface area contributed by atoms with Gasteiger partial charge in [-0.05, 0) is 25.7 Å². The molecule has 0 aromatic rings. The first kappa shape index (κ1) is 7.64. The van der Waals surface area contributed by atoms with Crippen LogP contribution in [0.1, 0.15) is 33.6 Å². The van der Waals surface area contributed by atoms with Gasteiger partial charge in [0, 0.05) is 12.2 Å². The van der Waals surface area contributed by atoms with Crippen LogP contribution < -0.4 is 5.32 Å². The molecule has 0 radical (unpaired) electrons. The molecule has 0 unspecified atom stereocenters. The summed E-state index contributed by atoms with van der Waals surface area (Å²) in [4.78, 5) is 0. The normalized spacial score (nSPS) is 15.8. The Bertz CT molecular complexity index is 139. The van der Waals surface area contributed by atoms with Gasteiger partial charge in [0.2, 0.25) is 0 Å². The molecule has 0 saturated heterocycles. The lowest BCUT2D eigenvalue weighted by Crippen LogP contribution is -2.17. The summed E-state index contributed by atoms with van der Waals surface area (Å²) in [7, 11) is 0. The van der Waals surface area contributed by atoms with Crippen LogP contribution in [0.25, 0.3) is 0 Å². The monoisotopic (exact) mass is 139 g/mol. The zero-order chi connectivity index (χ0) is 7.56. The fourth-order valence-electron chi connectivity index (χ4n) is 0.920. The lowest BCUT2D eigenvalue weighted by Gasteiger charge is -2.07. The highest BCUT2D eigenvalue weighted by Gasteiger charge is 2.14. The molecule has 10 heavy (non-hydrogen) atoms. The van der Waals surface area contributed by atoms with Gasteiger partial charge in [-0.25, -0.2) is 0 Å². The molecular weight excluding hydrogens is 122 g/mol. The standard InChI is InChI=1S/C9H17N/c1-7(2)6-10-8(3)9-4-5-9/h7,10H,4-6H2,1-3H3. The van der Waals surface area contributed by atoms with E-state index in [1.54, 1.807) is 5.57 Å². The third-order valence-electron chi connectivity index (χ3n) is 1.81. The van der Waals surface area contributed by atoms with Gasteiger partial charge in [-0.15, -0.1) is 0 Å². The van der Waals surface area contributed by atoms with Crippen LogP contribution in [0.5, 0.6) is 0 Å². The smallest absolute Gasteiger partial charge is 0.0166 e. The highest BCUT2D eigenvalue weighted by atomic mass is 14.9. The summed E-state index contributed by atoms with van der Waals surface area (Å²) in [6.45, 7) is 7.77. The van der Waals surface area contributed by atoms with E-state index in [4.69, 9.17) is 0 Å². The molecule has 0 aromatic carbocycles. The zero-order valence-corrected chi connectivity index (χ0v) is 7.20. The zero-order valence-electron chi connectivity index (χ0n) is 7.20. The quantitative estimate of drug-likeness (QED) is 0.632. The van der Waals surface area contributed by atoms with Crippen LogP contribution in [0.15, 0.2) is 11.3 Å². The molecule has 0 amide bonds. The molecule has 1 aliphatic rings. The minimum absolute atomic E-state index is 0.759. The fraction of sp³-hybridized carbons (Fsp3) is 0.778. The molecule has 1 saturated carbocycles. The lowest BCUT2D eigenvalue weighted by atomic mass is 10.2. The van der Waals surface area contributed by atoms with Gasteiger partial charge >= 0.3 is 0 Å². The average Bonchev–Trinajstić information content (AvgIpc) is 2.63. The van der Waals surface area contributed by atoms with Crippen molar-refractivity contribution in [3.8, 4) is 0 Å². The molecule has 58 valence electrons. The van der Waals surface area contributed by atoms with Crippen molar-refractivity contribution < 1.29 is 0 Å². The predicted molar refractivity (Wildman–Crippen MR) is 44.8 cm³/mol. The average molecular weight is 139 g/mol. The summed E-state index contributed by atoms with van der Waals surface area (Å²) in [6, 6.07) is 0. The van der Waals surface area contributed by atoms with Crippen LogP contribution >= 0.6 is 0 Å². The van der Waals surface area contributed by atoms with E-state index in [0.717, 1.165) is 12.5 Å². The van der Waals surface area contributed by atoms with Crippen LogP contribution in [0.3, 0.4) is 0 Å². The largest absolute Gasteiger partial charge is 0.388 e. The Labute approximate surface area is 63.5 Å². The highest BCUT2D eigenvalue weighted by molar-refractivity contribution is 5.22. The maximum absolute atomic E-state index is 3.42. The second-order valence-corrected chi connectivity index (χ2v) is 3.50. The molecule has 1 nitrogen and oxygen atoms in total. The second kappa shape index (κ2) is 3.09. The van der Waals surface area contributed by atoms with Crippen LogP contribution in [0.2, 0.25) is 0 Å². The molecule has 1 aliphatic carbocycles. The predicted octanol–water partition coefficient (Wildman–Crippen LogP) is 2.30. The Balaban J connectivity index is 2.19. The van der Waals surface area contributed by atoms with Crippen LogP contribution in [-0.4, -0.2) is 6.54 Å². The van der Waals surface area contributed by atoms with E-state index < -0.39 is 0 Å². The van der Waals surface area contributed by atoms with Crippen molar-refractivity contribution >= 4 is 0 Å². The molecular formula is C9H17N. The first-order chi connectivity index (χ1) is 4.70. The summed E-state index contributed by atoms with van der Waals surface area (Å²) in [5, 5.41) is 3.42. The molecule has 0 atom stereocenters. The Morgan fingerprint density at radius 2 is 2.10 bits per heavy atom. The van der Waals surface area contributed by atoms with E-state index >= 15 is 0 Å². The summed E-state index contributed by atoms with van der Waals surface area (Å²) >= 11 is 0. The van der Waals surface area contributed by atoms with Crippen molar-refractivity contribution in [3.05, 3.63) is 11.3 Å². The van der Waals surface area contributed by atoms with Crippen molar-refractivity contribution in [1.29, 1.82) is 0 Å². The Kier molecular flexibility index (Phi) is 2.36. The van der Waals surface area contributed by atoms with E-state index in [0.29, 0.717) is 0 Å². The topological polar surface area (TPSA) is 12.0 Å². The molecule has 0 aromatic heterocycles. The number of hydrogen-bond acceptors (Lipinski definition) is 1.